The Balaban J connectivity index is 3.56. The normalized spacial score (nSPS) is 13.5. The molecule has 1 amide bonds. The van der Waals surface area contributed by atoms with Crippen LogP contribution >= 0.6 is 0 Å². The van der Waals surface area contributed by atoms with E-state index < -0.39 is 12.1 Å². The first-order valence-corrected chi connectivity index (χ1v) is 27.8. The average molecular weight is 891 g/mol. The fraction of sp³-hybridized carbons (Fsp3) is 0.750. The van der Waals surface area contributed by atoms with Gasteiger partial charge in [-0.15, -0.1) is 0 Å². The molecule has 0 rings (SSSR count). The highest BCUT2D eigenvalue weighted by Gasteiger charge is 2.20. The molecule has 4 heteroatoms. The van der Waals surface area contributed by atoms with Gasteiger partial charge in [0, 0.05) is 6.42 Å². The van der Waals surface area contributed by atoms with Gasteiger partial charge in [-0.1, -0.05) is 279 Å². The van der Waals surface area contributed by atoms with E-state index in [1.54, 1.807) is 0 Å². The molecular formula is C60H107NO3. The minimum absolute atomic E-state index is 0.0634. The number of hydrogen-bond acceptors (Lipinski definition) is 3. The van der Waals surface area contributed by atoms with Crippen LogP contribution < -0.4 is 5.32 Å². The number of nitrogens with one attached hydrogen (secondary N) is 1. The summed E-state index contributed by atoms with van der Waals surface area (Å²) in [4.78, 5) is 12.5. The Hall–Kier alpha value is -2.43. The summed E-state index contributed by atoms with van der Waals surface area (Å²) in [6, 6.07) is -0.562. The lowest BCUT2D eigenvalue weighted by Gasteiger charge is -2.22. The number of allylic oxidation sites excluding steroid dienone is 14. The molecule has 3 N–H and O–H groups in total. The third kappa shape index (κ3) is 50.6. The van der Waals surface area contributed by atoms with Gasteiger partial charge in [0.2, 0.25) is 5.91 Å². The van der Waals surface area contributed by atoms with Gasteiger partial charge in [0.25, 0.3) is 0 Å². The molecule has 0 aromatic carbocycles. The Bertz CT molecular complexity index is 1150. The van der Waals surface area contributed by atoms with Crippen molar-refractivity contribution in [2.45, 2.75) is 283 Å². The maximum Gasteiger partial charge on any atom is 0.220 e. The Morgan fingerprint density at radius 1 is 0.391 bits per heavy atom. The predicted octanol–water partition coefficient (Wildman–Crippen LogP) is 18.4. The summed E-state index contributed by atoms with van der Waals surface area (Å²) in [6.45, 7) is 4.25. The highest BCUT2D eigenvalue weighted by molar-refractivity contribution is 5.76. The highest BCUT2D eigenvalue weighted by Crippen LogP contribution is 2.17. The van der Waals surface area contributed by atoms with Crippen LogP contribution in [0.15, 0.2) is 85.1 Å². The first kappa shape index (κ1) is 61.6. The van der Waals surface area contributed by atoms with Gasteiger partial charge in [0.15, 0.2) is 0 Å². The van der Waals surface area contributed by atoms with Crippen molar-refractivity contribution >= 4 is 5.91 Å². The zero-order chi connectivity index (χ0) is 46.3. The fourth-order valence-electron chi connectivity index (χ4n) is 8.22. The predicted molar refractivity (Wildman–Crippen MR) is 285 cm³/mol. The standard InChI is InChI=1S/C60H107NO3/c1-3-5-7-9-11-13-15-17-19-21-23-25-27-29-30-32-33-35-37-39-41-43-45-47-49-51-53-55-59(63)58(57-62)61-60(64)56-54-52-50-48-46-44-42-40-38-36-34-31-28-26-24-22-20-18-16-14-12-10-8-6-4-2/h6,8,12,14,18,20,24,26,31,34,38,40,44,46,58-59,62-63H,3-5,7,9-11,13,15-17,19,21-23,25,27-30,32-33,35-37,39,41-43,45,47-57H2,1-2H3,(H,61,64)/b8-6-,14-12-,20-18-,26-24-,34-31-,40-38-,46-44-. The topological polar surface area (TPSA) is 69.6 Å². The first-order chi connectivity index (χ1) is 31.7. The highest BCUT2D eigenvalue weighted by atomic mass is 16.3. The van der Waals surface area contributed by atoms with Crippen LogP contribution in [0.4, 0.5) is 0 Å². The van der Waals surface area contributed by atoms with Gasteiger partial charge in [-0.2, -0.15) is 0 Å². The van der Waals surface area contributed by atoms with E-state index in [1.807, 2.05) is 0 Å². The summed E-state index contributed by atoms with van der Waals surface area (Å²) in [6.07, 6.45) is 79.9. The molecule has 0 spiro atoms. The van der Waals surface area contributed by atoms with Crippen molar-refractivity contribution in [2.75, 3.05) is 6.61 Å². The minimum Gasteiger partial charge on any atom is -0.394 e. The van der Waals surface area contributed by atoms with Gasteiger partial charge in [-0.05, 0) is 70.6 Å². The van der Waals surface area contributed by atoms with Gasteiger partial charge in [-0.25, -0.2) is 0 Å². The van der Waals surface area contributed by atoms with Crippen molar-refractivity contribution < 1.29 is 15.0 Å². The lowest BCUT2D eigenvalue weighted by atomic mass is 10.0. The van der Waals surface area contributed by atoms with E-state index in [2.05, 4.69) is 104 Å². The number of rotatable bonds is 50. The summed E-state index contributed by atoms with van der Waals surface area (Å²) in [5.41, 5.74) is 0. The second-order valence-corrected chi connectivity index (χ2v) is 18.6. The van der Waals surface area contributed by atoms with Crippen molar-refractivity contribution in [1.82, 2.24) is 5.32 Å². The van der Waals surface area contributed by atoms with Crippen LogP contribution in [0.2, 0.25) is 0 Å². The van der Waals surface area contributed by atoms with Crippen LogP contribution in [0.25, 0.3) is 0 Å². The lowest BCUT2D eigenvalue weighted by Crippen LogP contribution is -2.45. The Morgan fingerprint density at radius 2 is 0.688 bits per heavy atom. The molecule has 4 nitrogen and oxygen atoms in total. The van der Waals surface area contributed by atoms with Gasteiger partial charge in [0.05, 0.1) is 18.8 Å². The van der Waals surface area contributed by atoms with E-state index >= 15 is 0 Å². The quantitative estimate of drug-likeness (QED) is 0.0421. The average Bonchev–Trinajstić information content (AvgIpc) is 3.30. The third-order valence-electron chi connectivity index (χ3n) is 12.4. The molecule has 0 saturated heterocycles. The molecule has 0 heterocycles. The van der Waals surface area contributed by atoms with Crippen molar-refractivity contribution in [3.63, 3.8) is 0 Å². The molecular weight excluding hydrogens is 783 g/mol. The number of aliphatic hydroxyl groups is 2. The Morgan fingerprint density at radius 3 is 1.02 bits per heavy atom. The molecule has 370 valence electrons. The first-order valence-electron chi connectivity index (χ1n) is 27.8. The minimum atomic E-state index is -0.681. The maximum atomic E-state index is 12.5. The summed E-state index contributed by atoms with van der Waals surface area (Å²) < 4.78 is 0. The second-order valence-electron chi connectivity index (χ2n) is 18.6. The van der Waals surface area contributed by atoms with E-state index in [0.717, 1.165) is 83.5 Å². The van der Waals surface area contributed by atoms with Crippen molar-refractivity contribution in [2.24, 2.45) is 0 Å². The molecule has 0 aliphatic carbocycles. The summed E-state index contributed by atoms with van der Waals surface area (Å²) in [5, 5.41) is 23.3. The molecule has 2 unspecified atom stereocenters. The third-order valence-corrected chi connectivity index (χ3v) is 12.4. The van der Waals surface area contributed by atoms with Crippen molar-refractivity contribution in [3.8, 4) is 0 Å². The van der Waals surface area contributed by atoms with Gasteiger partial charge in [-0.3, -0.25) is 4.79 Å². The molecule has 0 radical (unpaired) electrons. The van der Waals surface area contributed by atoms with Crippen LogP contribution in [-0.4, -0.2) is 34.9 Å². The van der Waals surface area contributed by atoms with Gasteiger partial charge >= 0.3 is 0 Å². The Labute approximate surface area is 399 Å². The van der Waals surface area contributed by atoms with Gasteiger partial charge < -0.3 is 15.5 Å². The zero-order valence-electron chi connectivity index (χ0n) is 42.5. The van der Waals surface area contributed by atoms with E-state index in [0.29, 0.717) is 12.8 Å². The molecule has 64 heavy (non-hydrogen) atoms. The lowest BCUT2D eigenvalue weighted by molar-refractivity contribution is -0.123. The van der Waals surface area contributed by atoms with Crippen LogP contribution in [-0.2, 0) is 4.79 Å². The van der Waals surface area contributed by atoms with E-state index in [9.17, 15) is 15.0 Å². The molecule has 0 saturated carbocycles. The zero-order valence-corrected chi connectivity index (χ0v) is 42.5. The SMILES string of the molecule is CC/C=C\C/C=C\C/C=C\C/C=C\C/C=C\C/C=C\C/C=C\CCCCCC(=O)NC(CO)C(O)CCCCCCCCCCCCCCCCCCCCCCCCCCCCC. The fourth-order valence-corrected chi connectivity index (χ4v) is 8.22. The van der Waals surface area contributed by atoms with E-state index in [4.69, 9.17) is 0 Å². The van der Waals surface area contributed by atoms with E-state index in [1.165, 1.54) is 161 Å². The van der Waals surface area contributed by atoms with Crippen LogP contribution in [0, 0.1) is 0 Å². The molecule has 0 aromatic rings. The number of hydrogen-bond donors (Lipinski definition) is 3. The summed E-state index contributed by atoms with van der Waals surface area (Å²) in [5.74, 6) is -0.0634. The monoisotopic (exact) mass is 890 g/mol. The molecule has 0 aromatic heterocycles. The molecule has 0 aliphatic heterocycles. The molecule has 2 atom stereocenters. The van der Waals surface area contributed by atoms with Crippen molar-refractivity contribution in [1.29, 1.82) is 0 Å². The number of carbonyl (C=O) groups is 1. The van der Waals surface area contributed by atoms with Gasteiger partial charge in [0.1, 0.15) is 0 Å². The number of unbranched alkanes of at least 4 members (excludes halogenated alkanes) is 29. The summed E-state index contributed by atoms with van der Waals surface area (Å²) in [7, 11) is 0. The molecule has 0 aliphatic rings. The van der Waals surface area contributed by atoms with Crippen LogP contribution in [0.5, 0.6) is 0 Å². The second kappa shape index (κ2) is 54.9. The summed E-state index contributed by atoms with van der Waals surface area (Å²) >= 11 is 0. The molecule has 0 fully saturated rings. The van der Waals surface area contributed by atoms with E-state index in [-0.39, 0.29) is 12.5 Å². The van der Waals surface area contributed by atoms with Crippen molar-refractivity contribution in [3.05, 3.63) is 85.1 Å². The molecule has 0 bridgehead atoms. The van der Waals surface area contributed by atoms with Crippen LogP contribution in [0.1, 0.15) is 271 Å². The number of amides is 1. The number of aliphatic hydroxyl groups excluding tert-OH is 2. The number of carbonyl (C=O) groups excluding carboxylic acids is 1. The Kier molecular flexibility index (Phi) is 52.8. The smallest absolute Gasteiger partial charge is 0.220 e. The maximum absolute atomic E-state index is 12.5. The van der Waals surface area contributed by atoms with Crippen LogP contribution in [0.3, 0.4) is 0 Å². The largest absolute Gasteiger partial charge is 0.394 e.